The zero-order valence-electron chi connectivity index (χ0n) is 9.95. The molecule has 5 heteroatoms. The molecule has 0 unspecified atom stereocenters. The number of anilines is 1. The average Bonchev–Trinajstić information content (AvgIpc) is 2.81. The van der Waals surface area contributed by atoms with Crippen molar-refractivity contribution in [3.8, 4) is 0 Å². The average molecular weight is 337 g/mol. The smallest absolute Gasteiger partial charge is 0.137 e. The van der Waals surface area contributed by atoms with E-state index in [1.54, 1.807) is 6.20 Å². The van der Waals surface area contributed by atoms with Gasteiger partial charge in [0.1, 0.15) is 5.65 Å². The molecule has 0 amide bonds. The molecule has 0 bridgehead atoms. The van der Waals surface area contributed by atoms with Gasteiger partial charge in [0.2, 0.25) is 0 Å². The van der Waals surface area contributed by atoms with Crippen LogP contribution in [0.15, 0.2) is 47.2 Å². The highest BCUT2D eigenvalue weighted by molar-refractivity contribution is 9.10. The number of halogens is 2. The van der Waals surface area contributed by atoms with Crippen molar-refractivity contribution in [2.45, 2.75) is 6.54 Å². The summed E-state index contributed by atoms with van der Waals surface area (Å²) in [6.45, 7) is 0.701. The fourth-order valence-electron chi connectivity index (χ4n) is 1.98. The highest BCUT2D eigenvalue weighted by Gasteiger charge is 2.05. The van der Waals surface area contributed by atoms with Crippen LogP contribution in [-0.4, -0.2) is 9.97 Å². The van der Waals surface area contributed by atoms with Gasteiger partial charge in [-0.2, -0.15) is 0 Å². The van der Waals surface area contributed by atoms with Gasteiger partial charge in [0, 0.05) is 28.8 Å². The number of nitrogens with zero attached hydrogens (tertiary/aromatic N) is 1. The highest BCUT2D eigenvalue weighted by Crippen LogP contribution is 2.26. The molecule has 0 saturated heterocycles. The van der Waals surface area contributed by atoms with E-state index in [0.717, 1.165) is 21.2 Å². The largest absolute Gasteiger partial charge is 0.380 e. The lowest BCUT2D eigenvalue weighted by Gasteiger charge is -2.08. The van der Waals surface area contributed by atoms with Crippen LogP contribution in [0, 0.1) is 0 Å². The third-order valence-electron chi connectivity index (χ3n) is 2.94. The number of fused-ring (bicyclic) bond motifs is 1. The van der Waals surface area contributed by atoms with Crippen molar-refractivity contribution in [1.29, 1.82) is 0 Å². The molecule has 1 aromatic carbocycles. The molecule has 0 aliphatic carbocycles. The number of nitrogens with one attached hydrogen (secondary N) is 2. The first-order valence-electron chi connectivity index (χ1n) is 5.84. The molecule has 0 fully saturated rings. The second-order valence-corrected chi connectivity index (χ2v) is 5.51. The molecule has 2 N–H and O–H groups in total. The topological polar surface area (TPSA) is 40.7 Å². The summed E-state index contributed by atoms with van der Waals surface area (Å²) in [5.41, 5.74) is 2.99. The SMILES string of the molecule is Clc1cc(Br)ccc1NCc1c[nH]c2ncccc12. The Hall–Kier alpha value is -1.52. The van der Waals surface area contributed by atoms with Crippen molar-refractivity contribution < 1.29 is 0 Å². The summed E-state index contributed by atoms with van der Waals surface area (Å²) in [6.07, 6.45) is 3.75. The van der Waals surface area contributed by atoms with Gasteiger partial charge < -0.3 is 10.3 Å². The maximum absolute atomic E-state index is 6.18. The second kappa shape index (κ2) is 5.23. The van der Waals surface area contributed by atoms with Crippen molar-refractivity contribution in [2.24, 2.45) is 0 Å². The molecule has 3 aromatic rings. The number of aromatic amines is 1. The van der Waals surface area contributed by atoms with Crippen LogP contribution in [-0.2, 0) is 6.54 Å². The van der Waals surface area contributed by atoms with Gasteiger partial charge in [-0.3, -0.25) is 0 Å². The molecular weight excluding hydrogens is 326 g/mol. The second-order valence-electron chi connectivity index (χ2n) is 4.19. The molecule has 2 aromatic heterocycles. The summed E-state index contributed by atoms with van der Waals surface area (Å²) in [6, 6.07) is 9.79. The summed E-state index contributed by atoms with van der Waals surface area (Å²) >= 11 is 9.57. The summed E-state index contributed by atoms with van der Waals surface area (Å²) in [7, 11) is 0. The number of hydrogen-bond donors (Lipinski definition) is 2. The number of benzene rings is 1. The van der Waals surface area contributed by atoms with Crippen LogP contribution in [0.3, 0.4) is 0 Å². The third-order valence-corrected chi connectivity index (χ3v) is 3.74. The molecule has 0 aliphatic heterocycles. The van der Waals surface area contributed by atoms with Crippen LogP contribution >= 0.6 is 27.5 Å². The summed E-state index contributed by atoms with van der Waals surface area (Å²) in [4.78, 5) is 7.43. The van der Waals surface area contributed by atoms with Crippen LogP contribution in [0.2, 0.25) is 5.02 Å². The number of pyridine rings is 1. The Kier molecular flexibility index (Phi) is 3.44. The van der Waals surface area contributed by atoms with E-state index in [0.29, 0.717) is 11.6 Å². The molecule has 3 nitrogen and oxygen atoms in total. The van der Waals surface area contributed by atoms with Crippen LogP contribution in [0.5, 0.6) is 0 Å². The van der Waals surface area contributed by atoms with Crippen molar-refractivity contribution in [3.05, 3.63) is 57.8 Å². The van der Waals surface area contributed by atoms with E-state index in [4.69, 9.17) is 11.6 Å². The molecule has 2 heterocycles. The van der Waals surface area contributed by atoms with E-state index in [-0.39, 0.29) is 0 Å². The van der Waals surface area contributed by atoms with Crippen molar-refractivity contribution in [1.82, 2.24) is 9.97 Å². The fraction of sp³-hybridized carbons (Fsp3) is 0.0714. The molecule has 0 saturated carbocycles. The first-order chi connectivity index (χ1) is 9.24. The minimum absolute atomic E-state index is 0.701. The molecule has 96 valence electrons. The lowest BCUT2D eigenvalue weighted by atomic mass is 10.2. The molecular formula is C14H11BrClN3. The van der Waals surface area contributed by atoms with E-state index in [9.17, 15) is 0 Å². The van der Waals surface area contributed by atoms with Crippen LogP contribution in [0.4, 0.5) is 5.69 Å². The Morgan fingerprint density at radius 1 is 1.32 bits per heavy atom. The standard InChI is InChI=1S/C14H11BrClN3/c15-10-3-4-13(12(16)6-10)18-7-9-8-19-14-11(9)2-1-5-17-14/h1-6,8,18H,7H2,(H,17,19). The number of H-pyrrole nitrogens is 1. The number of rotatable bonds is 3. The molecule has 19 heavy (non-hydrogen) atoms. The third kappa shape index (κ3) is 2.60. The minimum Gasteiger partial charge on any atom is -0.380 e. The van der Waals surface area contributed by atoms with Gasteiger partial charge in [0.05, 0.1) is 10.7 Å². The quantitative estimate of drug-likeness (QED) is 0.734. The lowest BCUT2D eigenvalue weighted by molar-refractivity contribution is 1.16. The Morgan fingerprint density at radius 2 is 2.21 bits per heavy atom. The van der Waals surface area contributed by atoms with E-state index in [1.807, 2.05) is 30.5 Å². The maximum Gasteiger partial charge on any atom is 0.137 e. The van der Waals surface area contributed by atoms with Gasteiger partial charge in [-0.05, 0) is 35.9 Å². The van der Waals surface area contributed by atoms with E-state index in [1.165, 1.54) is 5.56 Å². The maximum atomic E-state index is 6.18. The van der Waals surface area contributed by atoms with Gasteiger partial charge in [0.25, 0.3) is 0 Å². The Bertz CT molecular complexity index is 724. The van der Waals surface area contributed by atoms with E-state index in [2.05, 4.69) is 37.3 Å². The first kappa shape index (κ1) is 12.5. The monoisotopic (exact) mass is 335 g/mol. The minimum atomic E-state index is 0.701. The predicted octanol–water partition coefficient (Wildman–Crippen LogP) is 4.59. The molecule has 0 radical (unpaired) electrons. The summed E-state index contributed by atoms with van der Waals surface area (Å²) in [5.74, 6) is 0. The van der Waals surface area contributed by atoms with Crippen LogP contribution < -0.4 is 5.32 Å². The zero-order valence-corrected chi connectivity index (χ0v) is 12.3. The van der Waals surface area contributed by atoms with Gasteiger partial charge in [-0.15, -0.1) is 0 Å². The fourth-order valence-corrected chi connectivity index (χ4v) is 2.72. The Labute approximate surface area is 124 Å². The molecule has 0 atom stereocenters. The molecule has 0 aliphatic rings. The van der Waals surface area contributed by atoms with E-state index < -0.39 is 0 Å². The van der Waals surface area contributed by atoms with Gasteiger partial charge in [-0.25, -0.2) is 4.98 Å². The van der Waals surface area contributed by atoms with Gasteiger partial charge >= 0.3 is 0 Å². The predicted molar refractivity (Wildman–Crippen MR) is 82.6 cm³/mol. The summed E-state index contributed by atoms with van der Waals surface area (Å²) < 4.78 is 0.972. The number of aromatic nitrogens is 2. The van der Waals surface area contributed by atoms with E-state index >= 15 is 0 Å². The van der Waals surface area contributed by atoms with Crippen LogP contribution in [0.25, 0.3) is 11.0 Å². The number of hydrogen-bond acceptors (Lipinski definition) is 2. The normalized spacial score (nSPS) is 10.8. The van der Waals surface area contributed by atoms with Gasteiger partial charge in [0.15, 0.2) is 0 Å². The Balaban J connectivity index is 1.82. The first-order valence-corrected chi connectivity index (χ1v) is 7.01. The Morgan fingerprint density at radius 3 is 3.05 bits per heavy atom. The van der Waals surface area contributed by atoms with Crippen LogP contribution in [0.1, 0.15) is 5.56 Å². The van der Waals surface area contributed by atoms with Crippen molar-refractivity contribution >= 4 is 44.3 Å². The van der Waals surface area contributed by atoms with Crippen molar-refractivity contribution in [2.75, 3.05) is 5.32 Å². The zero-order chi connectivity index (χ0) is 13.2. The lowest BCUT2D eigenvalue weighted by Crippen LogP contribution is -1.99. The van der Waals surface area contributed by atoms with Gasteiger partial charge in [-0.1, -0.05) is 27.5 Å². The van der Waals surface area contributed by atoms with Crippen molar-refractivity contribution in [3.63, 3.8) is 0 Å². The molecule has 0 spiro atoms. The summed E-state index contributed by atoms with van der Waals surface area (Å²) in [5, 5.41) is 5.16. The molecule has 3 rings (SSSR count). The highest BCUT2D eigenvalue weighted by atomic mass is 79.9.